The molecule has 3 atom stereocenters. The number of hydrogen-bond donors (Lipinski definition) is 2. The first kappa shape index (κ1) is 11.3. The van der Waals surface area contributed by atoms with Crippen LogP contribution >= 0.6 is 0 Å². The van der Waals surface area contributed by atoms with E-state index in [0.717, 1.165) is 12.8 Å². The predicted molar refractivity (Wildman–Crippen MR) is 55.2 cm³/mol. The van der Waals surface area contributed by atoms with Gasteiger partial charge in [0, 0.05) is 18.1 Å². The molecule has 0 aromatic heterocycles. The Labute approximate surface area is 85.1 Å². The lowest BCUT2D eigenvalue weighted by atomic mass is 9.74. The van der Waals surface area contributed by atoms with E-state index in [4.69, 9.17) is 10.8 Å². The monoisotopic (exact) mass is 200 g/mol. The number of likely N-dealkylation sites (tertiary alicyclic amines) is 1. The highest BCUT2D eigenvalue weighted by Gasteiger charge is 2.44. The zero-order chi connectivity index (χ0) is 10.9. The fourth-order valence-corrected chi connectivity index (χ4v) is 2.32. The Morgan fingerprint density at radius 2 is 2.29 bits per heavy atom. The number of carbonyl (C=O) groups is 1. The summed E-state index contributed by atoms with van der Waals surface area (Å²) in [6.45, 7) is 6.61. The SMILES string of the molecule is CCC1(C)C(C)C(N)CCN1C(=O)O. The van der Waals surface area contributed by atoms with Crippen molar-refractivity contribution < 1.29 is 9.90 Å². The molecule has 0 saturated carbocycles. The van der Waals surface area contributed by atoms with E-state index in [0.29, 0.717) is 6.54 Å². The number of amides is 1. The van der Waals surface area contributed by atoms with Crippen molar-refractivity contribution in [2.45, 2.75) is 45.2 Å². The van der Waals surface area contributed by atoms with Gasteiger partial charge in [-0.3, -0.25) is 0 Å². The van der Waals surface area contributed by atoms with Crippen molar-refractivity contribution in [1.82, 2.24) is 4.90 Å². The number of hydrogen-bond acceptors (Lipinski definition) is 2. The fourth-order valence-electron chi connectivity index (χ4n) is 2.32. The van der Waals surface area contributed by atoms with Crippen molar-refractivity contribution in [2.75, 3.05) is 6.54 Å². The summed E-state index contributed by atoms with van der Waals surface area (Å²) in [4.78, 5) is 12.6. The highest BCUT2D eigenvalue weighted by Crippen LogP contribution is 2.35. The van der Waals surface area contributed by atoms with Gasteiger partial charge in [0.05, 0.1) is 0 Å². The van der Waals surface area contributed by atoms with Crippen LogP contribution < -0.4 is 5.73 Å². The number of nitrogens with zero attached hydrogens (tertiary/aromatic N) is 1. The first-order chi connectivity index (χ1) is 6.43. The highest BCUT2D eigenvalue weighted by molar-refractivity contribution is 5.66. The molecule has 0 bridgehead atoms. The fraction of sp³-hybridized carbons (Fsp3) is 0.900. The Morgan fingerprint density at radius 1 is 1.71 bits per heavy atom. The molecule has 1 aliphatic heterocycles. The zero-order valence-corrected chi connectivity index (χ0v) is 9.16. The second-order valence-electron chi connectivity index (χ2n) is 4.39. The predicted octanol–water partition coefficient (Wildman–Crippen LogP) is 1.50. The number of piperidine rings is 1. The van der Waals surface area contributed by atoms with Crippen molar-refractivity contribution in [1.29, 1.82) is 0 Å². The molecule has 1 amide bonds. The van der Waals surface area contributed by atoms with Crippen LogP contribution in [0, 0.1) is 5.92 Å². The average molecular weight is 200 g/mol. The molecule has 14 heavy (non-hydrogen) atoms. The van der Waals surface area contributed by atoms with Gasteiger partial charge >= 0.3 is 6.09 Å². The van der Waals surface area contributed by atoms with Gasteiger partial charge < -0.3 is 15.7 Å². The van der Waals surface area contributed by atoms with Crippen LogP contribution in [0.1, 0.15) is 33.6 Å². The first-order valence-electron chi connectivity index (χ1n) is 5.19. The van der Waals surface area contributed by atoms with Gasteiger partial charge in [-0.1, -0.05) is 13.8 Å². The van der Waals surface area contributed by atoms with Gasteiger partial charge in [-0.05, 0) is 25.7 Å². The summed E-state index contributed by atoms with van der Waals surface area (Å²) >= 11 is 0. The molecule has 3 N–H and O–H groups in total. The molecule has 4 nitrogen and oxygen atoms in total. The number of nitrogens with two attached hydrogens (primary N) is 1. The second-order valence-corrected chi connectivity index (χ2v) is 4.39. The largest absolute Gasteiger partial charge is 0.465 e. The topological polar surface area (TPSA) is 66.6 Å². The molecule has 0 aromatic carbocycles. The Bertz CT molecular complexity index is 232. The minimum absolute atomic E-state index is 0.121. The smallest absolute Gasteiger partial charge is 0.407 e. The van der Waals surface area contributed by atoms with Crippen LogP contribution in [-0.2, 0) is 0 Å². The van der Waals surface area contributed by atoms with Crippen LogP contribution in [0.3, 0.4) is 0 Å². The summed E-state index contributed by atoms with van der Waals surface area (Å²) in [5.41, 5.74) is 5.67. The lowest BCUT2D eigenvalue weighted by Crippen LogP contribution is -2.62. The average Bonchev–Trinajstić information content (AvgIpc) is 2.13. The normalized spacial score (nSPS) is 38.4. The number of rotatable bonds is 1. The lowest BCUT2D eigenvalue weighted by Gasteiger charge is -2.49. The molecule has 82 valence electrons. The zero-order valence-electron chi connectivity index (χ0n) is 9.16. The van der Waals surface area contributed by atoms with Crippen LogP contribution in [-0.4, -0.2) is 34.2 Å². The van der Waals surface area contributed by atoms with Gasteiger partial charge in [-0.2, -0.15) is 0 Å². The Morgan fingerprint density at radius 3 is 2.71 bits per heavy atom. The molecule has 3 unspecified atom stereocenters. The molecule has 1 heterocycles. The summed E-state index contributed by atoms with van der Waals surface area (Å²) < 4.78 is 0. The van der Waals surface area contributed by atoms with E-state index in [1.807, 2.05) is 20.8 Å². The van der Waals surface area contributed by atoms with Crippen molar-refractivity contribution in [3.05, 3.63) is 0 Å². The van der Waals surface area contributed by atoms with Gasteiger partial charge in [-0.15, -0.1) is 0 Å². The van der Waals surface area contributed by atoms with Gasteiger partial charge in [0.25, 0.3) is 0 Å². The Kier molecular flexibility index (Phi) is 3.04. The molecular formula is C10H20N2O2. The van der Waals surface area contributed by atoms with Crippen molar-refractivity contribution >= 4 is 6.09 Å². The quantitative estimate of drug-likeness (QED) is 0.674. The third-order valence-corrected chi connectivity index (χ3v) is 3.87. The van der Waals surface area contributed by atoms with Gasteiger partial charge in [-0.25, -0.2) is 4.79 Å². The van der Waals surface area contributed by atoms with Crippen LogP contribution in [0.2, 0.25) is 0 Å². The van der Waals surface area contributed by atoms with E-state index < -0.39 is 6.09 Å². The number of carboxylic acid groups (broad SMARTS) is 1. The molecule has 1 aliphatic rings. The van der Waals surface area contributed by atoms with Crippen LogP contribution in [0.15, 0.2) is 0 Å². The standard InChI is InChI=1S/C10H20N2O2/c1-4-10(3)7(2)8(11)5-6-12(10)9(13)14/h7-8H,4-6,11H2,1-3H3,(H,13,14). The van der Waals surface area contributed by atoms with Gasteiger partial charge in [0.15, 0.2) is 0 Å². The second kappa shape index (κ2) is 3.77. The van der Waals surface area contributed by atoms with Crippen molar-refractivity contribution in [3.63, 3.8) is 0 Å². The minimum atomic E-state index is -0.826. The van der Waals surface area contributed by atoms with Crippen LogP contribution in [0.25, 0.3) is 0 Å². The third kappa shape index (κ3) is 1.59. The van der Waals surface area contributed by atoms with E-state index in [-0.39, 0.29) is 17.5 Å². The minimum Gasteiger partial charge on any atom is -0.465 e. The molecular weight excluding hydrogens is 180 g/mol. The summed E-state index contributed by atoms with van der Waals surface area (Å²) in [5, 5.41) is 9.09. The summed E-state index contributed by atoms with van der Waals surface area (Å²) in [7, 11) is 0. The van der Waals surface area contributed by atoms with E-state index in [1.165, 1.54) is 0 Å². The van der Waals surface area contributed by atoms with Crippen molar-refractivity contribution in [2.24, 2.45) is 11.7 Å². The molecule has 0 radical (unpaired) electrons. The summed E-state index contributed by atoms with van der Waals surface area (Å²) in [5.74, 6) is 0.220. The maximum Gasteiger partial charge on any atom is 0.407 e. The van der Waals surface area contributed by atoms with E-state index in [1.54, 1.807) is 4.90 Å². The first-order valence-corrected chi connectivity index (χ1v) is 5.19. The molecule has 0 aromatic rings. The summed E-state index contributed by atoms with van der Waals surface area (Å²) in [6.07, 6.45) is 0.755. The van der Waals surface area contributed by atoms with E-state index in [9.17, 15) is 4.79 Å². The molecule has 0 aliphatic carbocycles. The Hall–Kier alpha value is -0.770. The summed E-state index contributed by atoms with van der Waals surface area (Å²) in [6, 6.07) is 0.121. The van der Waals surface area contributed by atoms with Gasteiger partial charge in [0.2, 0.25) is 0 Å². The molecule has 4 heteroatoms. The maximum atomic E-state index is 11.1. The van der Waals surface area contributed by atoms with Crippen LogP contribution in [0.5, 0.6) is 0 Å². The van der Waals surface area contributed by atoms with Crippen molar-refractivity contribution in [3.8, 4) is 0 Å². The van der Waals surface area contributed by atoms with Crippen LogP contribution in [0.4, 0.5) is 4.79 Å². The lowest BCUT2D eigenvalue weighted by molar-refractivity contribution is 0.0106. The van der Waals surface area contributed by atoms with Gasteiger partial charge in [0.1, 0.15) is 0 Å². The molecule has 0 spiro atoms. The van der Waals surface area contributed by atoms with E-state index >= 15 is 0 Å². The maximum absolute atomic E-state index is 11.1. The molecule has 1 saturated heterocycles. The third-order valence-electron chi connectivity index (χ3n) is 3.87. The highest BCUT2D eigenvalue weighted by atomic mass is 16.4. The van der Waals surface area contributed by atoms with E-state index in [2.05, 4.69) is 0 Å². The molecule has 1 fully saturated rings. The Balaban J connectivity index is 2.93. The molecule has 1 rings (SSSR count).